The summed E-state index contributed by atoms with van der Waals surface area (Å²) < 4.78 is 0. The van der Waals surface area contributed by atoms with Crippen molar-refractivity contribution < 1.29 is 0 Å². The van der Waals surface area contributed by atoms with Crippen LogP contribution in [0.25, 0.3) is 10.9 Å². The second-order valence-corrected chi connectivity index (χ2v) is 5.14. The van der Waals surface area contributed by atoms with Gasteiger partial charge in [-0.05, 0) is 41.8 Å². The Balaban J connectivity index is 1.98. The fourth-order valence-corrected chi connectivity index (χ4v) is 2.54. The Morgan fingerprint density at radius 2 is 1.91 bits per heavy atom. The predicted octanol–water partition coefficient (Wildman–Crippen LogP) is 3.10. The van der Waals surface area contributed by atoms with Crippen LogP contribution in [0.3, 0.4) is 0 Å². The Morgan fingerprint density at radius 1 is 1.09 bits per heavy atom. The van der Waals surface area contributed by atoms with Gasteiger partial charge in [-0.1, -0.05) is 25.1 Å². The minimum Gasteiger partial charge on any atom is -0.323 e. The van der Waals surface area contributed by atoms with E-state index in [4.69, 9.17) is 5.84 Å². The highest BCUT2D eigenvalue weighted by Crippen LogP contribution is 2.18. The number of aromatic nitrogens is 2. The molecule has 0 radical (unpaired) electrons. The molecule has 4 heteroatoms. The zero-order chi connectivity index (χ0) is 15.4. The molecule has 3 aromatic rings. The standard InChI is InChI=1S/C18H18N4/c1-2-13-7-9-21-17(11-13)18(22-19)12-14-8-10-20-16-6-4-3-5-15(14)16/h3-11H,2,12,19H2,1H3/b22-18-. The molecule has 0 amide bonds. The van der Waals surface area contributed by atoms with Gasteiger partial charge in [0.15, 0.2) is 0 Å². The van der Waals surface area contributed by atoms with Crippen molar-refractivity contribution in [3.8, 4) is 0 Å². The van der Waals surface area contributed by atoms with Crippen LogP contribution in [0.5, 0.6) is 0 Å². The van der Waals surface area contributed by atoms with E-state index in [1.807, 2.05) is 42.7 Å². The first-order chi connectivity index (χ1) is 10.8. The monoisotopic (exact) mass is 290 g/mol. The van der Waals surface area contributed by atoms with E-state index in [9.17, 15) is 0 Å². The highest BCUT2D eigenvalue weighted by Gasteiger charge is 2.10. The lowest BCUT2D eigenvalue weighted by Gasteiger charge is -2.09. The summed E-state index contributed by atoms with van der Waals surface area (Å²) in [7, 11) is 0. The molecule has 2 aromatic heterocycles. The first kappa shape index (κ1) is 14.2. The van der Waals surface area contributed by atoms with Gasteiger partial charge in [0.2, 0.25) is 0 Å². The average Bonchev–Trinajstić information content (AvgIpc) is 2.59. The van der Waals surface area contributed by atoms with Gasteiger partial charge < -0.3 is 5.84 Å². The van der Waals surface area contributed by atoms with Gasteiger partial charge in [0, 0.05) is 24.2 Å². The topological polar surface area (TPSA) is 64.2 Å². The maximum atomic E-state index is 5.62. The van der Waals surface area contributed by atoms with Crippen LogP contribution in [0.1, 0.15) is 23.7 Å². The molecule has 0 aliphatic heterocycles. The van der Waals surface area contributed by atoms with Gasteiger partial charge in [-0.25, -0.2) is 0 Å². The smallest absolute Gasteiger partial charge is 0.0900 e. The van der Waals surface area contributed by atoms with E-state index in [1.165, 1.54) is 5.56 Å². The van der Waals surface area contributed by atoms with E-state index in [2.05, 4.69) is 34.1 Å². The number of nitrogens with zero attached hydrogens (tertiary/aromatic N) is 3. The van der Waals surface area contributed by atoms with Gasteiger partial charge in [-0.2, -0.15) is 5.10 Å². The molecule has 110 valence electrons. The van der Waals surface area contributed by atoms with Crippen LogP contribution in [-0.4, -0.2) is 15.7 Å². The van der Waals surface area contributed by atoms with Gasteiger partial charge in [-0.15, -0.1) is 0 Å². The van der Waals surface area contributed by atoms with Crippen LogP contribution in [-0.2, 0) is 12.8 Å². The molecule has 3 rings (SSSR count). The van der Waals surface area contributed by atoms with Crippen molar-refractivity contribution in [1.82, 2.24) is 9.97 Å². The first-order valence-electron chi connectivity index (χ1n) is 7.36. The van der Waals surface area contributed by atoms with Gasteiger partial charge in [0.1, 0.15) is 0 Å². The molecular formula is C18H18N4. The Bertz CT molecular complexity index is 819. The summed E-state index contributed by atoms with van der Waals surface area (Å²) in [5.41, 5.74) is 4.98. The van der Waals surface area contributed by atoms with Gasteiger partial charge in [0.05, 0.1) is 16.9 Å². The van der Waals surface area contributed by atoms with Crippen molar-refractivity contribution in [3.05, 3.63) is 71.7 Å². The lowest BCUT2D eigenvalue weighted by molar-refractivity contribution is 1.10. The molecule has 0 bridgehead atoms. The number of hydrazone groups is 1. The van der Waals surface area contributed by atoms with E-state index >= 15 is 0 Å². The summed E-state index contributed by atoms with van der Waals surface area (Å²) in [5.74, 6) is 5.62. The average molecular weight is 290 g/mol. The highest BCUT2D eigenvalue weighted by atomic mass is 15.1. The van der Waals surface area contributed by atoms with Crippen molar-refractivity contribution >= 4 is 16.6 Å². The van der Waals surface area contributed by atoms with E-state index in [1.54, 1.807) is 0 Å². The van der Waals surface area contributed by atoms with Crippen molar-refractivity contribution in [2.24, 2.45) is 10.9 Å². The summed E-state index contributed by atoms with van der Waals surface area (Å²) in [6, 6.07) is 14.2. The lowest BCUT2D eigenvalue weighted by atomic mass is 10.0. The van der Waals surface area contributed by atoms with Gasteiger partial charge in [-0.3, -0.25) is 9.97 Å². The van der Waals surface area contributed by atoms with Gasteiger partial charge >= 0.3 is 0 Å². The van der Waals surface area contributed by atoms with E-state index in [0.29, 0.717) is 6.42 Å². The maximum absolute atomic E-state index is 5.62. The molecule has 0 atom stereocenters. The number of para-hydroxylation sites is 1. The van der Waals surface area contributed by atoms with Crippen molar-refractivity contribution in [1.29, 1.82) is 0 Å². The molecule has 2 N–H and O–H groups in total. The van der Waals surface area contributed by atoms with Crippen LogP contribution < -0.4 is 5.84 Å². The minimum absolute atomic E-state index is 0.639. The summed E-state index contributed by atoms with van der Waals surface area (Å²) in [5, 5.41) is 5.09. The zero-order valence-electron chi connectivity index (χ0n) is 12.5. The molecule has 0 fully saturated rings. The Morgan fingerprint density at radius 3 is 2.73 bits per heavy atom. The first-order valence-corrected chi connectivity index (χ1v) is 7.36. The number of fused-ring (bicyclic) bond motifs is 1. The third-order valence-corrected chi connectivity index (χ3v) is 3.78. The number of hydrogen-bond donors (Lipinski definition) is 1. The van der Waals surface area contributed by atoms with Crippen LogP contribution in [0, 0.1) is 0 Å². The molecule has 4 nitrogen and oxygen atoms in total. The van der Waals surface area contributed by atoms with Crippen molar-refractivity contribution in [3.63, 3.8) is 0 Å². The van der Waals surface area contributed by atoms with Crippen molar-refractivity contribution in [2.75, 3.05) is 0 Å². The molecule has 22 heavy (non-hydrogen) atoms. The minimum atomic E-state index is 0.639. The molecule has 0 unspecified atom stereocenters. The SMILES string of the molecule is CCc1ccnc(/C(Cc2ccnc3ccccc23)=N\N)c1. The second-order valence-electron chi connectivity index (χ2n) is 5.14. The third-order valence-electron chi connectivity index (χ3n) is 3.78. The fourth-order valence-electron chi connectivity index (χ4n) is 2.54. The number of pyridine rings is 2. The number of benzene rings is 1. The highest BCUT2D eigenvalue weighted by molar-refractivity contribution is 6.02. The molecule has 1 aromatic carbocycles. The molecule has 0 spiro atoms. The Labute approximate surface area is 129 Å². The molecule has 0 aliphatic carbocycles. The Hall–Kier alpha value is -2.75. The van der Waals surface area contributed by atoms with Crippen molar-refractivity contribution in [2.45, 2.75) is 19.8 Å². The van der Waals surface area contributed by atoms with Crippen LogP contribution in [0.4, 0.5) is 0 Å². The van der Waals surface area contributed by atoms with E-state index < -0.39 is 0 Å². The molecule has 0 saturated carbocycles. The summed E-state index contributed by atoms with van der Waals surface area (Å²) in [4.78, 5) is 8.80. The molecule has 0 saturated heterocycles. The summed E-state index contributed by atoms with van der Waals surface area (Å²) in [6.45, 7) is 2.12. The fraction of sp³-hybridized carbons (Fsp3) is 0.167. The normalized spacial score (nSPS) is 11.8. The van der Waals surface area contributed by atoms with Crippen LogP contribution >= 0.6 is 0 Å². The third kappa shape index (κ3) is 2.81. The molecule has 2 heterocycles. The largest absolute Gasteiger partial charge is 0.323 e. The summed E-state index contributed by atoms with van der Waals surface area (Å²) >= 11 is 0. The number of hydrogen-bond acceptors (Lipinski definition) is 4. The lowest BCUT2D eigenvalue weighted by Crippen LogP contribution is -2.11. The maximum Gasteiger partial charge on any atom is 0.0900 e. The number of nitrogens with two attached hydrogens (primary N) is 1. The second kappa shape index (κ2) is 6.35. The van der Waals surface area contributed by atoms with E-state index in [0.717, 1.165) is 34.3 Å². The summed E-state index contributed by atoms with van der Waals surface area (Å²) in [6.07, 6.45) is 5.23. The van der Waals surface area contributed by atoms with Crippen LogP contribution in [0.2, 0.25) is 0 Å². The zero-order valence-corrected chi connectivity index (χ0v) is 12.5. The molecular weight excluding hydrogens is 272 g/mol. The van der Waals surface area contributed by atoms with E-state index in [-0.39, 0.29) is 0 Å². The quantitative estimate of drug-likeness (QED) is 0.456. The number of aryl methyl sites for hydroxylation is 1. The predicted molar refractivity (Wildman–Crippen MR) is 89.8 cm³/mol. The van der Waals surface area contributed by atoms with Gasteiger partial charge in [0.25, 0.3) is 0 Å². The van der Waals surface area contributed by atoms with Crippen LogP contribution in [0.15, 0.2) is 60.0 Å². The molecule has 0 aliphatic rings. The Kier molecular flexibility index (Phi) is 4.10. The number of rotatable bonds is 4.